The van der Waals surface area contributed by atoms with Crippen LogP contribution in [-0.2, 0) is 0 Å². The molecule has 3 nitrogen and oxygen atoms in total. The molecule has 14 heavy (non-hydrogen) atoms. The maximum Gasteiger partial charge on any atom is 0.208 e. The highest BCUT2D eigenvalue weighted by Crippen LogP contribution is 2.39. The highest BCUT2D eigenvalue weighted by atomic mass is 32.1. The number of rotatable bonds is 1. The number of aromatic nitrogens is 1. The molecule has 0 spiro atoms. The van der Waals surface area contributed by atoms with Gasteiger partial charge < -0.3 is 10.2 Å². The van der Waals surface area contributed by atoms with Crippen LogP contribution in [0.3, 0.4) is 0 Å². The molecule has 0 aliphatic heterocycles. The van der Waals surface area contributed by atoms with Gasteiger partial charge in [0.05, 0.1) is 4.90 Å². The monoisotopic (exact) mass is 213 g/mol. The van der Waals surface area contributed by atoms with E-state index in [0.29, 0.717) is 4.90 Å². The quantitative estimate of drug-likeness (QED) is 0.628. The maximum atomic E-state index is 9.70. The Hall–Kier alpha value is -0.770. The molecule has 0 unspecified atom stereocenters. The van der Waals surface area contributed by atoms with E-state index < -0.39 is 0 Å². The SMILES string of the molecule is Oc1cc(S)c(O)n1C1CCCCC1. The molecule has 78 valence electrons. The van der Waals surface area contributed by atoms with Crippen LogP contribution in [0.15, 0.2) is 11.0 Å². The molecule has 0 atom stereocenters. The molecule has 1 aliphatic carbocycles. The summed E-state index contributed by atoms with van der Waals surface area (Å²) in [5.41, 5.74) is 0. The zero-order valence-electron chi connectivity index (χ0n) is 7.98. The van der Waals surface area contributed by atoms with Crippen LogP contribution in [-0.4, -0.2) is 14.8 Å². The fourth-order valence-corrected chi connectivity index (χ4v) is 2.41. The first-order valence-corrected chi connectivity index (χ1v) is 5.47. The molecule has 1 aliphatic rings. The summed E-state index contributed by atoms with van der Waals surface area (Å²) in [4.78, 5) is 0.452. The van der Waals surface area contributed by atoms with Crippen molar-refractivity contribution in [1.82, 2.24) is 4.57 Å². The number of nitrogens with zero attached hydrogens (tertiary/aromatic N) is 1. The van der Waals surface area contributed by atoms with Crippen LogP contribution in [0.25, 0.3) is 0 Å². The third-order valence-corrected chi connectivity index (χ3v) is 3.24. The fourth-order valence-electron chi connectivity index (χ4n) is 2.19. The van der Waals surface area contributed by atoms with E-state index in [1.807, 2.05) is 0 Å². The van der Waals surface area contributed by atoms with Crippen molar-refractivity contribution in [2.45, 2.75) is 43.0 Å². The Kier molecular flexibility index (Phi) is 2.63. The molecule has 2 N–H and O–H groups in total. The van der Waals surface area contributed by atoms with Gasteiger partial charge in [-0.3, -0.25) is 4.57 Å². The summed E-state index contributed by atoms with van der Waals surface area (Å²) >= 11 is 4.08. The Labute approximate surface area is 88.8 Å². The molecule has 0 bridgehead atoms. The predicted octanol–water partition coefficient (Wildman–Crippen LogP) is 2.69. The second kappa shape index (κ2) is 3.77. The zero-order valence-corrected chi connectivity index (χ0v) is 8.87. The molecule has 0 aromatic carbocycles. The Balaban J connectivity index is 2.29. The molecule has 2 rings (SSSR count). The summed E-state index contributed by atoms with van der Waals surface area (Å²) < 4.78 is 1.60. The molecule has 1 fully saturated rings. The molecule has 1 aromatic heterocycles. The molecule has 0 amide bonds. The highest BCUT2D eigenvalue weighted by Gasteiger charge is 2.21. The number of hydrogen-bond acceptors (Lipinski definition) is 3. The topological polar surface area (TPSA) is 45.4 Å². The first kappa shape index (κ1) is 9.77. The number of thiol groups is 1. The molecule has 0 saturated heterocycles. The zero-order chi connectivity index (χ0) is 10.1. The van der Waals surface area contributed by atoms with E-state index in [0.717, 1.165) is 12.8 Å². The molecular weight excluding hydrogens is 198 g/mol. The largest absolute Gasteiger partial charge is 0.494 e. The lowest BCUT2D eigenvalue weighted by Gasteiger charge is -2.24. The summed E-state index contributed by atoms with van der Waals surface area (Å²) in [5.74, 6) is 0.220. The van der Waals surface area contributed by atoms with Crippen molar-refractivity contribution >= 4 is 12.6 Å². The lowest BCUT2D eigenvalue weighted by atomic mass is 9.95. The highest BCUT2D eigenvalue weighted by molar-refractivity contribution is 7.80. The van der Waals surface area contributed by atoms with Gasteiger partial charge in [-0.05, 0) is 12.8 Å². The van der Waals surface area contributed by atoms with E-state index in [4.69, 9.17) is 0 Å². The Morgan fingerprint density at radius 1 is 1.21 bits per heavy atom. The summed E-state index contributed by atoms with van der Waals surface area (Å²) in [6, 6.07) is 1.73. The molecule has 4 heteroatoms. The van der Waals surface area contributed by atoms with Gasteiger partial charge in [0.2, 0.25) is 5.88 Å². The maximum absolute atomic E-state index is 9.70. The molecule has 0 radical (unpaired) electrons. The van der Waals surface area contributed by atoms with Crippen molar-refractivity contribution in [3.05, 3.63) is 6.07 Å². The van der Waals surface area contributed by atoms with Crippen molar-refractivity contribution in [1.29, 1.82) is 0 Å². The van der Waals surface area contributed by atoms with Crippen molar-refractivity contribution in [2.24, 2.45) is 0 Å². The van der Waals surface area contributed by atoms with Crippen LogP contribution in [0.4, 0.5) is 0 Å². The Bertz CT molecular complexity index is 329. The number of aromatic hydroxyl groups is 2. The van der Waals surface area contributed by atoms with Gasteiger partial charge in [0.25, 0.3) is 0 Å². The Morgan fingerprint density at radius 2 is 1.86 bits per heavy atom. The lowest BCUT2D eigenvalue weighted by Crippen LogP contribution is -2.11. The van der Waals surface area contributed by atoms with Gasteiger partial charge in [0, 0.05) is 12.1 Å². The second-order valence-electron chi connectivity index (χ2n) is 3.87. The average molecular weight is 213 g/mol. The number of hydrogen-bond donors (Lipinski definition) is 3. The van der Waals surface area contributed by atoms with Crippen molar-refractivity contribution in [3.8, 4) is 11.8 Å². The standard InChI is InChI=1S/C10H15NO2S/c12-9-6-8(14)10(13)11(9)7-4-2-1-3-5-7/h6-7,12-14H,1-5H2. The third-order valence-electron chi connectivity index (χ3n) is 2.91. The summed E-state index contributed by atoms with van der Waals surface area (Å²) in [5, 5.41) is 19.3. The van der Waals surface area contributed by atoms with Gasteiger partial charge in [-0.25, -0.2) is 0 Å². The van der Waals surface area contributed by atoms with Gasteiger partial charge in [0.1, 0.15) is 0 Å². The van der Waals surface area contributed by atoms with Crippen molar-refractivity contribution < 1.29 is 10.2 Å². The Morgan fingerprint density at radius 3 is 2.36 bits per heavy atom. The van der Waals surface area contributed by atoms with Crippen LogP contribution in [0, 0.1) is 0 Å². The second-order valence-corrected chi connectivity index (χ2v) is 4.36. The minimum atomic E-state index is 0.0951. The van der Waals surface area contributed by atoms with Crippen LogP contribution in [0.2, 0.25) is 0 Å². The van der Waals surface area contributed by atoms with E-state index in [1.165, 1.54) is 25.3 Å². The van der Waals surface area contributed by atoms with E-state index in [9.17, 15) is 10.2 Å². The fraction of sp³-hybridized carbons (Fsp3) is 0.600. The summed E-state index contributed by atoms with van der Waals surface area (Å²) in [7, 11) is 0. The average Bonchev–Trinajstić information content (AvgIpc) is 2.43. The molecular formula is C10H15NO2S. The minimum Gasteiger partial charge on any atom is -0.494 e. The van der Waals surface area contributed by atoms with Crippen molar-refractivity contribution in [2.75, 3.05) is 0 Å². The summed E-state index contributed by atoms with van der Waals surface area (Å²) in [6.07, 6.45) is 5.66. The predicted molar refractivity (Wildman–Crippen MR) is 57.1 cm³/mol. The van der Waals surface area contributed by atoms with Gasteiger partial charge in [-0.1, -0.05) is 19.3 Å². The molecule has 1 heterocycles. The third kappa shape index (κ3) is 1.59. The minimum absolute atomic E-state index is 0.0951. The van der Waals surface area contributed by atoms with E-state index >= 15 is 0 Å². The van der Waals surface area contributed by atoms with Crippen LogP contribution in [0.5, 0.6) is 11.8 Å². The molecule has 1 aromatic rings. The van der Waals surface area contributed by atoms with Gasteiger partial charge in [0.15, 0.2) is 5.88 Å². The first-order chi connectivity index (χ1) is 6.70. The first-order valence-electron chi connectivity index (χ1n) is 5.02. The summed E-state index contributed by atoms with van der Waals surface area (Å²) in [6.45, 7) is 0. The smallest absolute Gasteiger partial charge is 0.208 e. The van der Waals surface area contributed by atoms with E-state index in [-0.39, 0.29) is 17.8 Å². The van der Waals surface area contributed by atoms with E-state index in [2.05, 4.69) is 12.6 Å². The normalized spacial score (nSPS) is 18.6. The van der Waals surface area contributed by atoms with Gasteiger partial charge in [-0.15, -0.1) is 12.6 Å². The van der Waals surface area contributed by atoms with E-state index in [1.54, 1.807) is 4.57 Å². The van der Waals surface area contributed by atoms with Crippen LogP contribution < -0.4 is 0 Å². The van der Waals surface area contributed by atoms with Gasteiger partial charge >= 0.3 is 0 Å². The molecule has 1 saturated carbocycles. The van der Waals surface area contributed by atoms with Crippen LogP contribution in [0.1, 0.15) is 38.1 Å². The van der Waals surface area contributed by atoms with Crippen LogP contribution >= 0.6 is 12.6 Å². The lowest BCUT2D eigenvalue weighted by molar-refractivity contribution is 0.280. The van der Waals surface area contributed by atoms with Crippen molar-refractivity contribution in [3.63, 3.8) is 0 Å². The van der Waals surface area contributed by atoms with Gasteiger partial charge in [-0.2, -0.15) is 0 Å².